The molecule has 0 aromatic heterocycles. The number of amides is 3. The van der Waals surface area contributed by atoms with Gasteiger partial charge in [-0.05, 0) is 56.2 Å². The Morgan fingerprint density at radius 2 is 1.73 bits per heavy atom. The maximum atomic E-state index is 13.5. The molecule has 1 heterocycles. The van der Waals surface area contributed by atoms with E-state index < -0.39 is 34.5 Å². The molecule has 0 saturated carbocycles. The van der Waals surface area contributed by atoms with Crippen molar-refractivity contribution in [3.05, 3.63) is 85.4 Å². The first kappa shape index (κ1) is 22.9. The number of carbonyl (C=O) groups is 3. The Bertz CT molecular complexity index is 1200. The van der Waals surface area contributed by atoms with Crippen LogP contribution in [-0.2, 0) is 16.1 Å². The molecule has 4 rings (SSSR count). The summed E-state index contributed by atoms with van der Waals surface area (Å²) in [7, 11) is 0. The van der Waals surface area contributed by atoms with E-state index in [9.17, 15) is 24.5 Å². The third kappa shape index (κ3) is 4.36. The molecule has 2 atom stereocenters. The second-order valence-electron chi connectivity index (χ2n) is 8.09. The Morgan fingerprint density at radius 3 is 2.39 bits per heavy atom. The van der Waals surface area contributed by atoms with Crippen LogP contribution in [0.25, 0.3) is 0 Å². The Balaban J connectivity index is 1.77. The molecule has 0 radical (unpaired) electrons. The number of allylic oxidation sites excluding steroid dienone is 2. The number of carbonyl (C=O) groups excluding carboxylic acids is 3. The molecule has 8 nitrogen and oxygen atoms in total. The van der Waals surface area contributed by atoms with Crippen LogP contribution in [-0.4, -0.2) is 32.7 Å². The maximum Gasteiger partial charge on any atom is 0.275 e. The van der Waals surface area contributed by atoms with Gasteiger partial charge in [-0.1, -0.05) is 34.9 Å². The standard InChI is InChI=1S/C23H19Cl2N3O5/c1-13-2-9-18-19(10-13)23(31)27(22(18)30)26(21(29)14-3-6-16(24)7-4-14)12-15-5-8-17(25)11-20(15)28(32)33/h2-8,11,18-19H,9-10,12H2,1H3/t18-,19+/m1/s1. The van der Waals surface area contributed by atoms with Gasteiger partial charge in [-0.3, -0.25) is 24.5 Å². The number of fused-ring (bicyclic) bond motifs is 1. The smallest absolute Gasteiger partial charge is 0.272 e. The summed E-state index contributed by atoms with van der Waals surface area (Å²) in [6, 6.07) is 10.00. The van der Waals surface area contributed by atoms with Crippen LogP contribution >= 0.6 is 23.2 Å². The summed E-state index contributed by atoms with van der Waals surface area (Å²) in [5.74, 6) is -2.77. The number of hydrogen-bond donors (Lipinski definition) is 0. The minimum Gasteiger partial charge on any atom is -0.272 e. The van der Waals surface area contributed by atoms with Gasteiger partial charge in [-0.15, -0.1) is 0 Å². The number of hydrogen-bond acceptors (Lipinski definition) is 5. The molecule has 1 aliphatic heterocycles. The van der Waals surface area contributed by atoms with Crippen LogP contribution in [0.15, 0.2) is 54.1 Å². The zero-order chi connectivity index (χ0) is 23.9. The Morgan fingerprint density at radius 1 is 1.09 bits per heavy atom. The van der Waals surface area contributed by atoms with E-state index in [-0.39, 0.29) is 28.4 Å². The fraction of sp³-hybridized carbons (Fsp3) is 0.261. The largest absolute Gasteiger partial charge is 0.275 e. The van der Waals surface area contributed by atoms with Gasteiger partial charge in [0, 0.05) is 21.7 Å². The number of imide groups is 1. The first-order valence-corrected chi connectivity index (χ1v) is 11.0. The van der Waals surface area contributed by atoms with Crippen LogP contribution in [0.1, 0.15) is 35.7 Å². The van der Waals surface area contributed by atoms with E-state index in [1.165, 1.54) is 42.5 Å². The van der Waals surface area contributed by atoms with E-state index in [4.69, 9.17) is 23.2 Å². The van der Waals surface area contributed by atoms with Gasteiger partial charge in [0.15, 0.2) is 0 Å². The maximum absolute atomic E-state index is 13.5. The molecule has 0 N–H and O–H groups in total. The normalized spacial score (nSPS) is 19.8. The molecule has 0 bridgehead atoms. The molecule has 1 saturated heterocycles. The quantitative estimate of drug-likeness (QED) is 0.261. The van der Waals surface area contributed by atoms with Gasteiger partial charge in [0.2, 0.25) is 0 Å². The van der Waals surface area contributed by atoms with E-state index in [2.05, 4.69) is 0 Å². The van der Waals surface area contributed by atoms with Crippen molar-refractivity contribution >= 4 is 46.6 Å². The molecule has 33 heavy (non-hydrogen) atoms. The number of halogens is 2. The second kappa shape index (κ2) is 8.96. The van der Waals surface area contributed by atoms with Crippen molar-refractivity contribution in [2.45, 2.75) is 26.3 Å². The summed E-state index contributed by atoms with van der Waals surface area (Å²) in [6.07, 6.45) is 2.75. The minimum atomic E-state index is -0.652. The topological polar surface area (TPSA) is 101 Å². The highest BCUT2D eigenvalue weighted by Crippen LogP contribution is 2.39. The first-order chi connectivity index (χ1) is 15.7. The van der Waals surface area contributed by atoms with Gasteiger partial charge in [0.05, 0.1) is 28.9 Å². The Kier molecular flexibility index (Phi) is 6.23. The molecule has 2 aliphatic rings. The zero-order valence-corrected chi connectivity index (χ0v) is 19.0. The summed E-state index contributed by atoms with van der Waals surface area (Å²) >= 11 is 11.8. The molecule has 10 heteroatoms. The molecular weight excluding hydrogens is 469 g/mol. The monoisotopic (exact) mass is 487 g/mol. The average molecular weight is 488 g/mol. The van der Waals surface area contributed by atoms with Crippen LogP contribution in [0, 0.1) is 22.0 Å². The van der Waals surface area contributed by atoms with Crippen molar-refractivity contribution < 1.29 is 19.3 Å². The Hall–Kier alpha value is -3.23. The van der Waals surface area contributed by atoms with Crippen molar-refractivity contribution in [2.24, 2.45) is 11.8 Å². The lowest BCUT2D eigenvalue weighted by molar-refractivity contribution is -0.385. The van der Waals surface area contributed by atoms with E-state index in [1.54, 1.807) is 0 Å². The van der Waals surface area contributed by atoms with Crippen LogP contribution in [0.2, 0.25) is 10.0 Å². The van der Waals surface area contributed by atoms with E-state index in [0.717, 1.165) is 15.6 Å². The third-order valence-corrected chi connectivity index (χ3v) is 6.42. The van der Waals surface area contributed by atoms with E-state index in [1.807, 2.05) is 13.0 Å². The van der Waals surface area contributed by atoms with Crippen LogP contribution < -0.4 is 0 Å². The first-order valence-electron chi connectivity index (χ1n) is 10.2. The Labute approximate surface area is 199 Å². The SMILES string of the molecule is CC1=CC[C@H]2C(=O)N(N(Cc3ccc(Cl)cc3[N+](=O)[O-])C(=O)c3ccc(Cl)cc3)C(=O)[C@H]2C1. The number of nitro benzene ring substituents is 1. The predicted molar refractivity (Wildman–Crippen MR) is 121 cm³/mol. The van der Waals surface area contributed by atoms with E-state index in [0.29, 0.717) is 17.9 Å². The van der Waals surface area contributed by atoms with Crippen molar-refractivity contribution in [3.8, 4) is 0 Å². The van der Waals surface area contributed by atoms with Gasteiger partial charge >= 0.3 is 0 Å². The van der Waals surface area contributed by atoms with Crippen LogP contribution in [0.4, 0.5) is 5.69 Å². The highest BCUT2D eigenvalue weighted by molar-refractivity contribution is 6.31. The summed E-state index contributed by atoms with van der Waals surface area (Å²) < 4.78 is 0. The lowest BCUT2D eigenvalue weighted by Gasteiger charge is -2.30. The molecule has 0 unspecified atom stereocenters. The second-order valence-corrected chi connectivity index (χ2v) is 8.96. The highest BCUT2D eigenvalue weighted by atomic mass is 35.5. The lowest BCUT2D eigenvalue weighted by atomic mass is 9.82. The molecular formula is C23H19Cl2N3O5. The third-order valence-electron chi connectivity index (χ3n) is 5.93. The summed E-state index contributed by atoms with van der Waals surface area (Å²) in [6.45, 7) is 1.53. The summed E-state index contributed by atoms with van der Waals surface area (Å²) in [5, 5.41) is 14.0. The number of nitro groups is 1. The molecule has 1 aliphatic carbocycles. The number of benzene rings is 2. The van der Waals surface area contributed by atoms with Gasteiger partial charge in [0.1, 0.15) is 0 Å². The molecule has 170 valence electrons. The molecule has 2 aromatic rings. The van der Waals surface area contributed by atoms with Crippen molar-refractivity contribution in [2.75, 3.05) is 0 Å². The predicted octanol–water partition coefficient (Wildman–Crippen LogP) is 4.80. The molecule has 0 spiro atoms. The number of rotatable bonds is 5. The van der Waals surface area contributed by atoms with Gasteiger partial charge < -0.3 is 0 Å². The average Bonchev–Trinajstić information content (AvgIpc) is 3.02. The molecule has 2 aromatic carbocycles. The van der Waals surface area contributed by atoms with Gasteiger partial charge in [-0.2, -0.15) is 5.01 Å². The van der Waals surface area contributed by atoms with E-state index >= 15 is 0 Å². The number of hydrazine groups is 1. The molecule has 1 fully saturated rings. The molecule has 3 amide bonds. The highest BCUT2D eigenvalue weighted by Gasteiger charge is 2.51. The summed E-state index contributed by atoms with van der Waals surface area (Å²) in [4.78, 5) is 51.0. The van der Waals surface area contributed by atoms with Gasteiger partial charge in [0.25, 0.3) is 23.4 Å². The van der Waals surface area contributed by atoms with Crippen molar-refractivity contribution in [1.29, 1.82) is 0 Å². The van der Waals surface area contributed by atoms with Crippen LogP contribution in [0.3, 0.4) is 0 Å². The summed E-state index contributed by atoms with van der Waals surface area (Å²) in [5.41, 5.74) is 1.01. The fourth-order valence-corrected chi connectivity index (χ4v) is 4.53. The lowest BCUT2D eigenvalue weighted by Crippen LogP contribution is -2.49. The minimum absolute atomic E-state index is 0.136. The van der Waals surface area contributed by atoms with Gasteiger partial charge in [-0.25, -0.2) is 5.01 Å². The van der Waals surface area contributed by atoms with Crippen molar-refractivity contribution in [1.82, 2.24) is 10.0 Å². The van der Waals surface area contributed by atoms with Crippen LogP contribution in [0.5, 0.6) is 0 Å². The fourth-order valence-electron chi connectivity index (χ4n) is 4.23. The van der Waals surface area contributed by atoms with Crippen molar-refractivity contribution in [3.63, 3.8) is 0 Å². The number of nitrogens with zero attached hydrogens (tertiary/aromatic N) is 3. The zero-order valence-electron chi connectivity index (χ0n) is 17.5.